The Bertz CT molecular complexity index is 410. The number of rotatable bonds is 6. The summed E-state index contributed by atoms with van der Waals surface area (Å²) in [6.45, 7) is 1.89. The normalized spacial score (nSPS) is 12.2. The fourth-order valence-corrected chi connectivity index (χ4v) is 1.63. The van der Waals surface area contributed by atoms with E-state index in [4.69, 9.17) is 5.11 Å². The van der Waals surface area contributed by atoms with E-state index in [1.165, 1.54) is 6.07 Å². The van der Waals surface area contributed by atoms with Crippen molar-refractivity contribution < 1.29 is 18.7 Å². The van der Waals surface area contributed by atoms with Gasteiger partial charge in [-0.15, -0.1) is 0 Å². The number of nitrogens with one attached hydrogen (secondary N) is 1. The molecule has 0 aliphatic heterocycles. The molecule has 3 nitrogen and oxygen atoms in total. The van der Waals surface area contributed by atoms with Crippen LogP contribution in [0.25, 0.3) is 0 Å². The number of carbonyl (C=O) groups is 1. The lowest BCUT2D eigenvalue weighted by atomic mass is 10.1. The van der Waals surface area contributed by atoms with Crippen LogP contribution in [-0.2, 0) is 11.2 Å². The van der Waals surface area contributed by atoms with E-state index in [0.29, 0.717) is 12.8 Å². The molecule has 0 aromatic heterocycles. The molecule has 0 aliphatic rings. The van der Waals surface area contributed by atoms with Crippen molar-refractivity contribution >= 4 is 5.91 Å². The molecule has 0 heterocycles. The molecule has 2 N–H and O–H groups in total. The van der Waals surface area contributed by atoms with Gasteiger partial charge in [0.25, 0.3) is 0 Å². The average Bonchev–Trinajstić information content (AvgIpc) is 2.30. The van der Waals surface area contributed by atoms with Crippen molar-refractivity contribution in [2.45, 2.75) is 32.2 Å². The maximum atomic E-state index is 13.3. The predicted molar refractivity (Wildman–Crippen MR) is 64.0 cm³/mol. The lowest BCUT2D eigenvalue weighted by Gasteiger charge is -2.13. The first-order valence-electron chi connectivity index (χ1n) is 5.87. The van der Waals surface area contributed by atoms with Crippen molar-refractivity contribution in [1.82, 2.24) is 5.32 Å². The SMILES string of the molecule is CC(CCCO)NC(=O)Cc1ccc(F)cc1F. The molecular formula is C13H17F2NO2. The first-order chi connectivity index (χ1) is 8.52. The van der Waals surface area contributed by atoms with Crippen molar-refractivity contribution in [3.8, 4) is 0 Å². The maximum Gasteiger partial charge on any atom is 0.224 e. The number of carbonyl (C=O) groups excluding carboxylic acids is 1. The zero-order valence-corrected chi connectivity index (χ0v) is 10.2. The van der Waals surface area contributed by atoms with Gasteiger partial charge in [-0.2, -0.15) is 0 Å². The zero-order valence-electron chi connectivity index (χ0n) is 10.2. The van der Waals surface area contributed by atoms with E-state index < -0.39 is 11.6 Å². The third-order valence-electron chi connectivity index (χ3n) is 2.57. The second-order valence-electron chi connectivity index (χ2n) is 4.25. The number of hydrogen-bond donors (Lipinski definition) is 2. The predicted octanol–water partition coefficient (Wildman–Crippen LogP) is 1.78. The fraction of sp³-hybridized carbons (Fsp3) is 0.462. The minimum atomic E-state index is -0.715. The average molecular weight is 257 g/mol. The molecule has 1 rings (SSSR count). The Balaban J connectivity index is 2.49. The molecule has 1 unspecified atom stereocenters. The highest BCUT2D eigenvalue weighted by molar-refractivity contribution is 5.78. The monoisotopic (exact) mass is 257 g/mol. The number of benzene rings is 1. The van der Waals surface area contributed by atoms with Crippen LogP contribution in [0.5, 0.6) is 0 Å². The third kappa shape index (κ3) is 4.79. The lowest BCUT2D eigenvalue weighted by molar-refractivity contribution is -0.121. The second kappa shape index (κ2) is 7.06. The van der Waals surface area contributed by atoms with Crippen LogP contribution in [0.1, 0.15) is 25.3 Å². The molecule has 0 aliphatic carbocycles. The van der Waals surface area contributed by atoms with Gasteiger partial charge in [-0.25, -0.2) is 8.78 Å². The number of hydrogen-bond acceptors (Lipinski definition) is 2. The third-order valence-corrected chi connectivity index (χ3v) is 2.57. The topological polar surface area (TPSA) is 49.3 Å². The van der Waals surface area contributed by atoms with Crippen molar-refractivity contribution in [2.75, 3.05) is 6.61 Å². The van der Waals surface area contributed by atoms with E-state index >= 15 is 0 Å². The molecule has 0 saturated carbocycles. The van der Waals surface area contributed by atoms with Gasteiger partial charge in [0.05, 0.1) is 6.42 Å². The lowest BCUT2D eigenvalue weighted by Crippen LogP contribution is -2.34. The van der Waals surface area contributed by atoms with E-state index in [-0.39, 0.29) is 30.5 Å². The summed E-state index contributed by atoms with van der Waals surface area (Å²) in [6.07, 6.45) is 1.15. The molecule has 1 amide bonds. The summed E-state index contributed by atoms with van der Waals surface area (Å²) in [6, 6.07) is 3.08. The Morgan fingerprint density at radius 3 is 2.78 bits per heavy atom. The van der Waals surface area contributed by atoms with Crippen LogP contribution in [0.15, 0.2) is 18.2 Å². The Morgan fingerprint density at radius 2 is 2.17 bits per heavy atom. The Hall–Kier alpha value is -1.49. The Kier molecular flexibility index (Phi) is 5.71. The number of aliphatic hydroxyl groups is 1. The minimum absolute atomic E-state index is 0.0758. The Labute approximate surface area is 105 Å². The summed E-state index contributed by atoms with van der Waals surface area (Å²) >= 11 is 0. The van der Waals surface area contributed by atoms with Crippen LogP contribution < -0.4 is 5.32 Å². The van der Waals surface area contributed by atoms with E-state index in [1.807, 2.05) is 6.92 Å². The number of aliphatic hydroxyl groups excluding tert-OH is 1. The molecule has 1 atom stereocenters. The van der Waals surface area contributed by atoms with Crippen molar-refractivity contribution in [1.29, 1.82) is 0 Å². The smallest absolute Gasteiger partial charge is 0.224 e. The van der Waals surface area contributed by atoms with Gasteiger partial charge in [0.2, 0.25) is 5.91 Å². The highest BCUT2D eigenvalue weighted by Crippen LogP contribution is 2.10. The summed E-state index contributed by atoms with van der Waals surface area (Å²) in [7, 11) is 0. The van der Waals surface area contributed by atoms with Crippen LogP contribution in [0.2, 0.25) is 0 Å². The van der Waals surface area contributed by atoms with Gasteiger partial charge in [-0.1, -0.05) is 6.07 Å². The highest BCUT2D eigenvalue weighted by atomic mass is 19.1. The number of amides is 1. The van der Waals surface area contributed by atoms with Crippen LogP contribution >= 0.6 is 0 Å². The molecule has 1 aromatic rings. The van der Waals surface area contributed by atoms with Gasteiger partial charge >= 0.3 is 0 Å². The molecule has 1 aromatic carbocycles. The van der Waals surface area contributed by atoms with Crippen molar-refractivity contribution in [2.24, 2.45) is 0 Å². The van der Waals surface area contributed by atoms with Crippen LogP contribution in [0.4, 0.5) is 8.78 Å². The molecule has 18 heavy (non-hydrogen) atoms. The highest BCUT2D eigenvalue weighted by Gasteiger charge is 2.11. The van der Waals surface area contributed by atoms with Gasteiger partial charge < -0.3 is 10.4 Å². The minimum Gasteiger partial charge on any atom is -0.396 e. The fourth-order valence-electron chi connectivity index (χ4n) is 1.63. The Morgan fingerprint density at radius 1 is 1.44 bits per heavy atom. The van der Waals surface area contributed by atoms with Crippen LogP contribution in [0.3, 0.4) is 0 Å². The first kappa shape index (κ1) is 14.6. The summed E-state index contributed by atoms with van der Waals surface area (Å²) < 4.78 is 26.0. The molecule has 0 fully saturated rings. The van der Waals surface area contributed by atoms with Crippen molar-refractivity contribution in [3.63, 3.8) is 0 Å². The summed E-state index contributed by atoms with van der Waals surface area (Å²) in [5.41, 5.74) is 0.170. The maximum absolute atomic E-state index is 13.3. The van der Waals surface area contributed by atoms with Gasteiger partial charge in [0, 0.05) is 18.7 Å². The molecule has 0 saturated heterocycles. The standard InChI is InChI=1S/C13H17F2NO2/c1-9(3-2-6-17)16-13(18)7-10-4-5-11(14)8-12(10)15/h4-5,8-9,17H,2-3,6-7H2,1H3,(H,16,18). The quantitative estimate of drug-likeness (QED) is 0.816. The molecule has 5 heteroatoms. The second-order valence-corrected chi connectivity index (χ2v) is 4.25. The zero-order chi connectivity index (χ0) is 13.5. The van der Waals surface area contributed by atoms with Crippen LogP contribution in [-0.4, -0.2) is 23.7 Å². The number of halogens is 2. The molecule has 100 valence electrons. The summed E-state index contributed by atoms with van der Waals surface area (Å²) in [5, 5.41) is 11.3. The van der Waals surface area contributed by atoms with Gasteiger partial charge in [0.1, 0.15) is 11.6 Å². The van der Waals surface area contributed by atoms with E-state index in [0.717, 1.165) is 12.1 Å². The van der Waals surface area contributed by atoms with E-state index in [9.17, 15) is 13.6 Å². The molecule has 0 radical (unpaired) electrons. The largest absolute Gasteiger partial charge is 0.396 e. The van der Waals surface area contributed by atoms with E-state index in [1.54, 1.807) is 0 Å². The molecular weight excluding hydrogens is 240 g/mol. The first-order valence-corrected chi connectivity index (χ1v) is 5.87. The van der Waals surface area contributed by atoms with Crippen LogP contribution in [0, 0.1) is 11.6 Å². The van der Waals surface area contributed by atoms with Gasteiger partial charge in [-0.05, 0) is 31.4 Å². The van der Waals surface area contributed by atoms with E-state index in [2.05, 4.69) is 5.32 Å². The summed E-state index contributed by atoms with van der Waals surface area (Å²) in [5.74, 6) is -1.69. The van der Waals surface area contributed by atoms with Gasteiger partial charge in [-0.3, -0.25) is 4.79 Å². The molecule has 0 bridgehead atoms. The van der Waals surface area contributed by atoms with Gasteiger partial charge in [0.15, 0.2) is 0 Å². The molecule has 0 spiro atoms. The van der Waals surface area contributed by atoms with Crippen molar-refractivity contribution in [3.05, 3.63) is 35.4 Å². The summed E-state index contributed by atoms with van der Waals surface area (Å²) in [4.78, 5) is 11.6.